The smallest absolute Gasteiger partial charge is 0.164 e. The number of furan rings is 1. The van der Waals surface area contributed by atoms with Gasteiger partial charge in [0.05, 0.1) is 8.22 Å². The zero-order valence-corrected chi connectivity index (χ0v) is 19.4. The highest BCUT2D eigenvalue weighted by molar-refractivity contribution is 6.07. The minimum absolute atomic E-state index is 0.0271. The Bertz CT molecular complexity index is 2130. The van der Waals surface area contributed by atoms with Gasteiger partial charge in [-0.3, -0.25) is 0 Å². The van der Waals surface area contributed by atoms with E-state index < -0.39 is 0 Å². The zero-order valence-electron chi connectivity index (χ0n) is 25.4. The molecule has 0 unspecified atom stereocenters. The number of fused-ring (bicyclic) bond motifs is 3. The Labute approximate surface area is 222 Å². The second kappa shape index (κ2) is 8.85. The first-order valence-corrected chi connectivity index (χ1v) is 11.7. The maximum atomic E-state index is 9.14. The number of benzene rings is 5. The fourth-order valence-corrected chi connectivity index (χ4v) is 4.17. The number of rotatable bonds is 4. The first kappa shape index (κ1) is 15.8. The van der Waals surface area contributed by atoms with Crippen molar-refractivity contribution in [2.24, 2.45) is 0 Å². The summed E-state index contributed by atoms with van der Waals surface area (Å²) in [5.41, 5.74) is 2.06. The maximum absolute atomic E-state index is 9.14. The molecule has 0 radical (unpaired) electrons. The fourth-order valence-electron chi connectivity index (χ4n) is 4.17. The van der Waals surface area contributed by atoms with Crippen LogP contribution in [0, 0.1) is 0 Å². The molecule has 5 aromatic carbocycles. The van der Waals surface area contributed by atoms with Crippen molar-refractivity contribution in [3.8, 4) is 45.3 Å². The van der Waals surface area contributed by atoms with Crippen LogP contribution in [0.5, 0.6) is 0 Å². The van der Waals surface area contributed by atoms with E-state index in [4.69, 9.17) is 12.6 Å². The molecule has 0 saturated heterocycles. The van der Waals surface area contributed by atoms with E-state index in [-0.39, 0.29) is 75.1 Å². The van der Waals surface area contributed by atoms with Crippen LogP contribution in [-0.4, -0.2) is 15.0 Å². The summed E-state index contributed by atoms with van der Waals surface area (Å²) in [4.78, 5) is 13.9. The first-order chi connectivity index (χ1) is 20.8. The molecule has 2 heterocycles. The predicted octanol–water partition coefficient (Wildman–Crippen LogP) is 8.44. The third-order valence-electron chi connectivity index (χ3n) is 6.00. The minimum atomic E-state index is -0.313. The fraction of sp³-hybridized carbons (Fsp3) is 0. The van der Waals surface area contributed by atoms with Gasteiger partial charge in [0.1, 0.15) is 11.2 Å². The van der Waals surface area contributed by atoms with Gasteiger partial charge in [-0.1, -0.05) is 103 Å². The van der Waals surface area contributed by atoms with Gasteiger partial charge in [0.25, 0.3) is 0 Å². The van der Waals surface area contributed by atoms with Crippen LogP contribution >= 0.6 is 0 Å². The average molecular weight is 482 g/mol. The Hall–Kier alpha value is -5.09. The third kappa shape index (κ3) is 3.95. The second-order valence-corrected chi connectivity index (χ2v) is 8.41. The molecule has 0 saturated carbocycles. The average Bonchev–Trinajstić information content (AvgIpc) is 3.46. The Morgan fingerprint density at radius 1 is 0.432 bits per heavy atom. The molecule has 37 heavy (non-hydrogen) atoms. The van der Waals surface area contributed by atoms with Gasteiger partial charge in [-0.25, -0.2) is 15.0 Å². The molecule has 0 spiro atoms. The monoisotopic (exact) mass is 481 g/mol. The van der Waals surface area contributed by atoms with Gasteiger partial charge < -0.3 is 4.42 Å². The van der Waals surface area contributed by atoms with Crippen molar-refractivity contribution < 1.29 is 12.6 Å². The quantitative estimate of drug-likeness (QED) is 0.253. The third-order valence-corrected chi connectivity index (χ3v) is 6.00. The van der Waals surface area contributed by atoms with Gasteiger partial charge in [0, 0.05) is 27.5 Å². The van der Waals surface area contributed by atoms with E-state index in [0.29, 0.717) is 28.3 Å². The standard InChI is InChI=1S/C33H21N3O/c1-4-10-22(11-5-1)25-17-19-29-28(20-25)27-18-16-26(21-30(27)37-29)33-35-31(23-12-6-2-7-13-23)34-32(36-33)24-14-8-3-9-15-24/h1-21H/i16D,17D,18D,19D,20D,21D. The van der Waals surface area contributed by atoms with Crippen LogP contribution in [0.25, 0.3) is 67.2 Å². The highest BCUT2D eigenvalue weighted by Gasteiger charge is 2.15. The topological polar surface area (TPSA) is 51.8 Å². The Balaban J connectivity index is 1.54. The lowest BCUT2D eigenvalue weighted by atomic mass is 10.0. The lowest BCUT2D eigenvalue weighted by molar-refractivity contribution is 0.669. The molecule has 0 N–H and O–H groups in total. The molecule has 0 bridgehead atoms. The second-order valence-electron chi connectivity index (χ2n) is 8.41. The SMILES string of the molecule is [2H]c1c(-c2ccccc2)c([2H])c2c(oc3c([2H])c(-c4nc(-c5ccccc5)nc(-c5ccccc5)n4)c([2H])c([2H])c32)c1[2H]. The molecule has 0 amide bonds. The van der Waals surface area contributed by atoms with Gasteiger partial charge in [-0.05, 0) is 35.3 Å². The summed E-state index contributed by atoms with van der Waals surface area (Å²) in [6.45, 7) is 0. The Kier molecular flexibility index (Phi) is 3.78. The van der Waals surface area contributed by atoms with Crippen molar-refractivity contribution in [2.75, 3.05) is 0 Å². The highest BCUT2D eigenvalue weighted by Crippen LogP contribution is 2.35. The van der Waals surface area contributed by atoms with Crippen LogP contribution in [0.4, 0.5) is 0 Å². The number of aromatic nitrogens is 3. The van der Waals surface area contributed by atoms with E-state index in [1.54, 1.807) is 24.3 Å². The molecule has 4 heteroatoms. The van der Waals surface area contributed by atoms with Crippen LogP contribution in [0.1, 0.15) is 8.22 Å². The van der Waals surface area contributed by atoms with Gasteiger partial charge in [-0.2, -0.15) is 0 Å². The van der Waals surface area contributed by atoms with Gasteiger partial charge in [-0.15, -0.1) is 0 Å². The number of hydrogen-bond donors (Lipinski definition) is 0. The van der Waals surface area contributed by atoms with Crippen LogP contribution < -0.4 is 0 Å². The van der Waals surface area contributed by atoms with Gasteiger partial charge in [0.15, 0.2) is 17.5 Å². The van der Waals surface area contributed by atoms with Gasteiger partial charge >= 0.3 is 0 Å². The van der Waals surface area contributed by atoms with E-state index in [9.17, 15) is 0 Å². The summed E-state index contributed by atoms with van der Waals surface area (Å²) >= 11 is 0. The summed E-state index contributed by atoms with van der Waals surface area (Å²) in [7, 11) is 0. The number of hydrogen-bond acceptors (Lipinski definition) is 4. The summed E-state index contributed by atoms with van der Waals surface area (Å²) in [5.74, 6) is 0.711. The molecule has 7 aromatic rings. The van der Waals surface area contributed by atoms with E-state index in [2.05, 4.69) is 15.0 Å². The lowest BCUT2D eigenvalue weighted by Gasteiger charge is -2.08. The van der Waals surface area contributed by atoms with Gasteiger partial charge in [0.2, 0.25) is 0 Å². The van der Waals surface area contributed by atoms with Crippen molar-refractivity contribution in [3.05, 3.63) is 127 Å². The van der Waals surface area contributed by atoms with Crippen LogP contribution in [0.2, 0.25) is 0 Å². The zero-order chi connectivity index (χ0) is 29.8. The van der Waals surface area contributed by atoms with Crippen LogP contribution in [0.3, 0.4) is 0 Å². The summed E-state index contributed by atoms with van der Waals surface area (Å²) in [6.07, 6.45) is 0. The lowest BCUT2D eigenvalue weighted by Crippen LogP contribution is -2.00. The predicted molar refractivity (Wildman–Crippen MR) is 149 cm³/mol. The maximum Gasteiger partial charge on any atom is 0.164 e. The summed E-state index contributed by atoms with van der Waals surface area (Å²) in [6, 6.07) is 26.1. The highest BCUT2D eigenvalue weighted by atomic mass is 16.3. The van der Waals surface area contributed by atoms with Crippen molar-refractivity contribution >= 4 is 21.9 Å². The first-order valence-electron chi connectivity index (χ1n) is 14.7. The van der Waals surface area contributed by atoms with E-state index >= 15 is 0 Å². The molecule has 7 rings (SSSR count). The molecule has 0 fully saturated rings. The normalized spacial score (nSPS) is 13.5. The largest absolute Gasteiger partial charge is 0.456 e. The molecule has 0 atom stereocenters. The molecule has 0 aliphatic rings. The minimum Gasteiger partial charge on any atom is -0.456 e. The summed E-state index contributed by atoms with van der Waals surface area (Å²) < 4.78 is 59.5. The van der Waals surface area contributed by atoms with Crippen molar-refractivity contribution in [1.82, 2.24) is 15.0 Å². The van der Waals surface area contributed by atoms with E-state index in [1.807, 2.05) is 66.7 Å². The van der Waals surface area contributed by atoms with Crippen molar-refractivity contribution in [3.63, 3.8) is 0 Å². The van der Waals surface area contributed by atoms with Crippen molar-refractivity contribution in [2.45, 2.75) is 0 Å². The summed E-state index contributed by atoms with van der Waals surface area (Å²) in [5, 5.41) is 0.198. The number of nitrogens with zero attached hydrogens (tertiary/aromatic N) is 3. The molecule has 2 aromatic heterocycles. The van der Waals surface area contributed by atoms with Crippen molar-refractivity contribution in [1.29, 1.82) is 0 Å². The molecular weight excluding hydrogens is 454 g/mol. The van der Waals surface area contributed by atoms with Crippen LogP contribution in [-0.2, 0) is 0 Å². The molecule has 0 aliphatic heterocycles. The molecule has 0 aliphatic carbocycles. The van der Waals surface area contributed by atoms with E-state index in [1.165, 1.54) is 0 Å². The molecule has 174 valence electrons. The Morgan fingerprint density at radius 2 is 0.946 bits per heavy atom. The molecular formula is C33H21N3O. The Morgan fingerprint density at radius 3 is 1.54 bits per heavy atom. The van der Waals surface area contributed by atoms with Crippen LogP contribution in [0.15, 0.2) is 132 Å². The van der Waals surface area contributed by atoms with E-state index in [0.717, 1.165) is 0 Å². The molecule has 4 nitrogen and oxygen atoms in total.